The lowest BCUT2D eigenvalue weighted by Crippen LogP contribution is -2.55. The molecule has 0 saturated carbocycles. The van der Waals surface area contributed by atoms with Crippen LogP contribution in [0.3, 0.4) is 0 Å². The third-order valence-corrected chi connectivity index (χ3v) is 3.71. The number of carbonyl (C=O) groups excluding carboxylic acids is 3. The first-order valence-corrected chi connectivity index (χ1v) is 9.67. The minimum absolute atomic E-state index is 0.0476. The Bertz CT molecular complexity index is 452. The van der Waals surface area contributed by atoms with E-state index < -0.39 is 38.0 Å². The Morgan fingerprint density at radius 1 is 0.769 bits per heavy atom. The van der Waals surface area contributed by atoms with Crippen molar-refractivity contribution in [2.24, 2.45) is 0 Å². The van der Waals surface area contributed by atoms with Gasteiger partial charge in [-0.3, -0.25) is 20.2 Å². The summed E-state index contributed by atoms with van der Waals surface area (Å²) < 4.78 is 5.46. The molecule has 26 heavy (non-hydrogen) atoms. The van der Waals surface area contributed by atoms with Crippen LogP contribution in [0.25, 0.3) is 0 Å². The van der Waals surface area contributed by atoms with E-state index >= 15 is 0 Å². The van der Waals surface area contributed by atoms with Gasteiger partial charge >= 0.3 is 18.0 Å². The van der Waals surface area contributed by atoms with Crippen molar-refractivity contribution in [3.05, 3.63) is 0 Å². The number of rotatable bonds is 8. The second-order valence-corrected chi connectivity index (χ2v) is 9.68. The largest absolute Gasteiger partial charge is 0.437 e. The first-order valence-electron chi connectivity index (χ1n) is 7.40. The molecular weight excluding hydrogens is 477 g/mol. The number of urea groups is 1. The van der Waals surface area contributed by atoms with Gasteiger partial charge in [0.1, 0.15) is 0 Å². The molecule has 0 rings (SSSR count). The molecule has 0 radical (unpaired) electrons. The maximum atomic E-state index is 12.1. The first-order chi connectivity index (χ1) is 11.8. The van der Waals surface area contributed by atoms with Gasteiger partial charge < -0.3 is 9.47 Å². The Hall–Kier alpha value is -0.0500. The van der Waals surface area contributed by atoms with Gasteiger partial charge in [-0.1, -0.05) is 83.5 Å². The van der Waals surface area contributed by atoms with Crippen molar-refractivity contribution in [1.82, 2.24) is 10.6 Å². The van der Waals surface area contributed by atoms with E-state index in [0.29, 0.717) is 12.8 Å². The topological polar surface area (TPSA) is 93.7 Å². The lowest BCUT2D eigenvalue weighted by molar-refractivity contribution is -0.149. The Morgan fingerprint density at radius 3 is 1.31 bits per heavy atom. The molecule has 2 amide bonds. The molecule has 0 spiro atoms. The Balaban J connectivity index is 5.03. The molecule has 0 heterocycles. The predicted octanol–water partition coefficient (Wildman–Crippen LogP) is 4.36. The SMILES string of the molecule is CCCC(=O)O[C@@H](NC(=O)N[C@@H](OC(=O)CCC)C(Cl)(Cl)Cl)C(Cl)(Cl)Cl. The van der Waals surface area contributed by atoms with Crippen LogP contribution in [0.1, 0.15) is 39.5 Å². The van der Waals surface area contributed by atoms with Crippen LogP contribution in [0.4, 0.5) is 4.79 Å². The van der Waals surface area contributed by atoms with E-state index in [1.807, 2.05) is 0 Å². The van der Waals surface area contributed by atoms with Gasteiger partial charge in [0, 0.05) is 12.8 Å². The summed E-state index contributed by atoms with van der Waals surface area (Å²) in [5.41, 5.74) is 0. The van der Waals surface area contributed by atoms with Crippen LogP contribution in [-0.4, -0.2) is 38.0 Å². The summed E-state index contributed by atoms with van der Waals surface area (Å²) in [6.07, 6.45) is -2.19. The number of amides is 2. The normalized spacial score (nSPS) is 14.2. The number of nitrogens with one attached hydrogen (secondary N) is 2. The summed E-state index contributed by atoms with van der Waals surface area (Å²) in [6, 6.07) is -1.06. The van der Waals surface area contributed by atoms with Crippen molar-refractivity contribution in [1.29, 1.82) is 0 Å². The predicted molar refractivity (Wildman–Crippen MR) is 102 cm³/mol. The number of hydrogen-bond donors (Lipinski definition) is 2. The zero-order chi connectivity index (χ0) is 20.5. The van der Waals surface area contributed by atoms with Crippen molar-refractivity contribution in [3.8, 4) is 0 Å². The van der Waals surface area contributed by atoms with Gasteiger partial charge in [-0.25, -0.2) is 4.79 Å². The van der Waals surface area contributed by atoms with E-state index in [0.717, 1.165) is 0 Å². The smallest absolute Gasteiger partial charge is 0.320 e. The molecule has 2 atom stereocenters. The quantitative estimate of drug-likeness (QED) is 0.297. The number of halogens is 6. The van der Waals surface area contributed by atoms with Crippen LogP contribution in [0.2, 0.25) is 0 Å². The fourth-order valence-electron chi connectivity index (χ4n) is 1.43. The third kappa shape index (κ3) is 10.9. The number of carbonyl (C=O) groups is 3. The maximum Gasteiger partial charge on any atom is 0.320 e. The zero-order valence-corrected chi connectivity index (χ0v) is 18.3. The molecule has 152 valence electrons. The van der Waals surface area contributed by atoms with Crippen molar-refractivity contribution in [2.75, 3.05) is 0 Å². The molecule has 13 heteroatoms. The van der Waals surface area contributed by atoms with Crippen LogP contribution < -0.4 is 10.6 Å². The molecule has 0 unspecified atom stereocenters. The molecule has 0 aromatic carbocycles. The van der Waals surface area contributed by atoms with Crippen LogP contribution in [-0.2, 0) is 19.1 Å². The van der Waals surface area contributed by atoms with Gasteiger partial charge in [-0.2, -0.15) is 0 Å². The molecule has 0 aliphatic heterocycles. The van der Waals surface area contributed by atoms with E-state index in [9.17, 15) is 14.4 Å². The lowest BCUT2D eigenvalue weighted by Gasteiger charge is -2.28. The standard InChI is InChI=1S/C13H18Cl6N2O5/c1-3-5-7(22)25-9(12(14,15)16)20-11(24)21-10(13(17,18)19)26-8(23)6-4-2/h9-10H,3-6H2,1-2H3,(H2,20,21,24)/t9-,10+. The van der Waals surface area contributed by atoms with Crippen molar-refractivity contribution >= 4 is 87.6 Å². The van der Waals surface area contributed by atoms with Crippen LogP contribution in [0.15, 0.2) is 0 Å². The Labute approximate surface area is 181 Å². The molecule has 0 aromatic heterocycles. The van der Waals surface area contributed by atoms with E-state index in [4.69, 9.17) is 79.1 Å². The molecular formula is C13H18Cl6N2O5. The second kappa shape index (κ2) is 11.7. The zero-order valence-electron chi connectivity index (χ0n) is 13.8. The van der Waals surface area contributed by atoms with Gasteiger partial charge in [0.25, 0.3) is 0 Å². The summed E-state index contributed by atoms with van der Waals surface area (Å²) in [4.78, 5) is 35.2. The minimum Gasteiger partial charge on any atom is -0.437 e. The van der Waals surface area contributed by atoms with Crippen LogP contribution >= 0.6 is 69.6 Å². The summed E-state index contributed by atoms with van der Waals surface area (Å²) in [5.74, 6) is -1.40. The average Bonchev–Trinajstić information content (AvgIpc) is 2.44. The van der Waals surface area contributed by atoms with Crippen LogP contribution in [0.5, 0.6) is 0 Å². The monoisotopic (exact) mass is 492 g/mol. The van der Waals surface area contributed by atoms with Crippen molar-refractivity contribution in [3.63, 3.8) is 0 Å². The maximum absolute atomic E-state index is 12.1. The van der Waals surface area contributed by atoms with E-state index in [1.54, 1.807) is 13.8 Å². The first kappa shape index (κ1) is 26.0. The van der Waals surface area contributed by atoms with Crippen molar-refractivity contribution in [2.45, 2.75) is 59.6 Å². The van der Waals surface area contributed by atoms with Gasteiger partial charge in [-0.15, -0.1) is 0 Å². The highest BCUT2D eigenvalue weighted by Crippen LogP contribution is 2.32. The highest BCUT2D eigenvalue weighted by Gasteiger charge is 2.41. The summed E-state index contributed by atoms with van der Waals surface area (Å²) in [6.45, 7) is 3.48. The van der Waals surface area contributed by atoms with Gasteiger partial charge in [0.2, 0.25) is 20.0 Å². The van der Waals surface area contributed by atoms with Gasteiger partial charge in [-0.05, 0) is 12.8 Å². The number of alkyl halides is 6. The fourth-order valence-corrected chi connectivity index (χ4v) is 2.02. The number of ether oxygens (including phenoxy) is 2. The van der Waals surface area contributed by atoms with E-state index in [1.165, 1.54) is 0 Å². The van der Waals surface area contributed by atoms with Gasteiger partial charge in [0.05, 0.1) is 0 Å². The molecule has 7 nitrogen and oxygen atoms in total. The molecule has 0 aliphatic rings. The molecule has 2 N–H and O–H groups in total. The Kier molecular flexibility index (Phi) is 11.7. The van der Waals surface area contributed by atoms with E-state index in [2.05, 4.69) is 10.6 Å². The molecule has 0 bridgehead atoms. The average molecular weight is 495 g/mol. The summed E-state index contributed by atoms with van der Waals surface area (Å²) >= 11 is 34.1. The minimum atomic E-state index is -2.17. The molecule has 0 aliphatic carbocycles. The Morgan fingerprint density at radius 2 is 1.08 bits per heavy atom. The number of hydrogen-bond acceptors (Lipinski definition) is 5. The highest BCUT2D eigenvalue weighted by molar-refractivity contribution is 6.68. The number of esters is 2. The fraction of sp³-hybridized carbons (Fsp3) is 0.769. The van der Waals surface area contributed by atoms with Crippen molar-refractivity contribution < 1.29 is 23.9 Å². The lowest BCUT2D eigenvalue weighted by atomic mass is 10.3. The molecule has 0 aromatic rings. The molecule has 0 fully saturated rings. The second-order valence-electron chi connectivity index (χ2n) is 4.94. The summed E-state index contributed by atoms with van der Waals surface area (Å²) in [7, 11) is 0. The molecule has 0 saturated heterocycles. The highest BCUT2D eigenvalue weighted by atomic mass is 35.6. The third-order valence-electron chi connectivity index (χ3n) is 2.53. The van der Waals surface area contributed by atoms with Gasteiger partial charge in [0.15, 0.2) is 0 Å². The van der Waals surface area contributed by atoms with E-state index in [-0.39, 0.29) is 12.8 Å². The van der Waals surface area contributed by atoms with Crippen LogP contribution in [0, 0.1) is 0 Å². The summed E-state index contributed by atoms with van der Waals surface area (Å²) in [5, 5.41) is 4.20.